The van der Waals surface area contributed by atoms with E-state index in [-0.39, 0.29) is 64.5 Å². The Morgan fingerprint density at radius 2 is 1.03 bits per heavy atom. The summed E-state index contributed by atoms with van der Waals surface area (Å²) < 4.78 is 6.09. The molecule has 1 atom stereocenters. The van der Waals surface area contributed by atoms with E-state index in [2.05, 4.69) is 47.3 Å². The molecular formula is C74H84N8O8. The van der Waals surface area contributed by atoms with Crippen LogP contribution < -0.4 is 16.1 Å². The van der Waals surface area contributed by atoms with E-state index in [1.165, 1.54) is 120 Å². The summed E-state index contributed by atoms with van der Waals surface area (Å²) in [6, 6.07) is 38.6. The zero-order valence-corrected chi connectivity index (χ0v) is 51.7. The standard InChI is InChI=1S/C74H84N8O8/c1-2-3-4-5-6-7-8-9-10-11-12-13-14-15-16-21-40-79-73(87)67(80-72(86)54-30-33-63(74(88)89)66(44-54)70-64-34-31-61(83)45-68(64)90-69-46-62(84)32-35-65(69)70)43-53-41-55(47-81(49-57-26-17-22-36-75-57)50-58-27-18-23-37-76-58)71(85)56(42-53)48-82(51-59-28-19-24-38-77-59)52-60-29-20-25-39-78-60/h17-20,22-39,41-42,44-46,67,83,85H,2-16,21,40,43,47-52H2,1H3,(H,79,87)(H,80,86)(H,88,89)/t67-/m0/s1. The molecule has 0 bridgehead atoms. The molecule has 0 saturated heterocycles. The second-order valence-electron chi connectivity index (χ2n) is 23.5. The summed E-state index contributed by atoms with van der Waals surface area (Å²) in [5, 5.41) is 40.5. The molecule has 468 valence electrons. The molecule has 9 rings (SSSR count). The van der Waals surface area contributed by atoms with Gasteiger partial charge in [0.15, 0.2) is 5.43 Å². The van der Waals surface area contributed by atoms with Crippen LogP contribution in [0.3, 0.4) is 0 Å². The summed E-state index contributed by atoms with van der Waals surface area (Å²) in [5.41, 5.74) is 5.87. The Hall–Kier alpha value is -9.12. The molecule has 2 amide bonds. The van der Waals surface area contributed by atoms with Crippen LogP contribution >= 0.6 is 0 Å². The average molecular weight is 1210 g/mol. The fourth-order valence-corrected chi connectivity index (χ4v) is 11.8. The lowest BCUT2D eigenvalue weighted by atomic mass is 9.89. The summed E-state index contributed by atoms with van der Waals surface area (Å²) in [6.07, 6.45) is 26.6. The summed E-state index contributed by atoms with van der Waals surface area (Å²) in [7, 11) is 0. The fourth-order valence-electron chi connectivity index (χ4n) is 11.8. The number of carbonyl (C=O) groups is 3. The zero-order valence-electron chi connectivity index (χ0n) is 51.7. The molecular weight excluding hydrogens is 1130 g/mol. The number of phenols is 2. The van der Waals surface area contributed by atoms with Gasteiger partial charge in [-0.05, 0) is 109 Å². The smallest absolute Gasteiger partial charge is 0.336 e. The number of unbranched alkanes of at least 4 members (excludes halogenated alkanes) is 15. The van der Waals surface area contributed by atoms with E-state index in [0.717, 1.165) is 48.5 Å². The number of hydrogen-bond acceptors (Lipinski definition) is 13. The van der Waals surface area contributed by atoms with E-state index >= 15 is 4.79 Å². The Bertz CT molecular complexity index is 3560. The third kappa shape index (κ3) is 19.4. The first kappa shape index (κ1) is 65.3. The monoisotopic (exact) mass is 1210 g/mol. The second kappa shape index (κ2) is 34.0. The van der Waals surface area contributed by atoms with Gasteiger partial charge in [0.25, 0.3) is 5.91 Å². The Morgan fingerprint density at radius 3 is 1.51 bits per heavy atom. The number of pyridine rings is 4. The quantitative estimate of drug-likeness (QED) is 0.0182. The van der Waals surface area contributed by atoms with Crippen molar-refractivity contribution < 1.29 is 34.1 Å². The molecule has 1 aliphatic carbocycles. The molecule has 5 N–H and O–H groups in total. The van der Waals surface area contributed by atoms with Crippen molar-refractivity contribution in [2.75, 3.05) is 6.54 Å². The van der Waals surface area contributed by atoms with Crippen LogP contribution in [-0.2, 0) is 50.5 Å². The molecule has 0 fully saturated rings. The number of aromatic hydroxyl groups is 2. The van der Waals surface area contributed by atoms with Gasteiger partial charge >= 0.3 is 5.97 Å². The number of benzene rings is 4. The number of hydrogen-bond donors (Lipinski definition) is 5. The first-order chi connectivity index (χ1) is 44.0. The van der Waals surface area contributed by atoms with Crippen molar-refractivity contribution in [2.45, 2.75) is 161 Å². The molecule has 16 heteroatoms. The summed E-state index contributed by atoms with van der Waals surface area (Å²) in [4.78, 5) is 78.6. The van der Waals surface area contributed by atoms with Gasteiger partial charge in [-0.15, -0.1) is 0 Å². The van der Waals surface area contributed by atoms with Gasteiger partial charge in [-0.2, -0.15) is 0 Å². The van der Waals surface area contributed by atoms with Crippen molar-refractivity contribution in [3.05, 3.63) is 225 Å². The van der Waals surface area contributed by atoms with Crippen LogP contribution in [-0.4, -0.2) is 75.4 Å². The minimum absolute atomic E-state index is 0.00826. The van der Waals surface area contributed by atoms with Crippen LogP contribution in [0.2, 0.25) is 0 Å². The van der Waals surface area contributed by atoms with Gasteiger partial charge in [-0.1, -0.05) is 140 Å². The van der Waals surface area contributed by atoms with Gasteiger partial charge in [-0.3, -0.25) is 44.1 Å². The van der Waals surface area contributed by atoms with E-state index in [1.807, 2.05) is 84.9 Å². The van der Waals surface area contributed by atoms with E-state index in [9.17, 15) is 29.7 Å². The maximum Gasteiger partial charge on any atom is 0.336 e. The number of carboxylic acid groups (broad SMARTS) is 1. The molecule has 90 heavy (non-hydrogen) atoms. The van der Waals surface area contributed by atoms with Crippen LogP contribution in [0.4, 0.5) is 0 Å². The van der Waals surface area contributed by atoms with Gasteiger partial charge in [-0.25, -0.2) is 4.79 Å². The molecule has 4 aromatic heterocycles. The number of carbonyl (C=O) groups excluding carboxylic acids is 2. The highest BCUT2D eigenvalue weighted by molar-refractivity contribution is 6.09. The van der Waals surface area contributed by atoms with Gasteiger partial charge < -0.3 is 30.4 Å². The Labute approximate surface area is 527 Å². The Kier molecular flexibility index (Phi) is 24.7. The van der Waals surface area contributed by atoms with E-state index in [0.29, 0.717) is 65.9 Å². The number of aromatic nitrogens is 4. The van der Waals surface area contributed by atoms with Crippen molar-refractivity contribution in [2.24, 2.45) is 0 Å². The maximum absolute atomic E-state index is 15.0. The molecule has 7 aromatic rings. The van der Waals surface area contributed by atoms with E-state index in [1.54, 1.807) is 36.9 Å². The number of rotatable bonds is 36. The first-order valence-corrected chi connectivity index (χ1v) is 32.0. The lowest BCUT2D eigenvalue weighted by Gasteiger charge is -2.26. The number of nitrogens with zero attached hydrogens (tertiary/aromatic N) is 6. The van der Waals surface area contributed by atoms with Crippen LogP contribution in [0, 0.1) is 0 Å². The molecule has 5 heterocycles. The normalized spacial score (nSPS) is 11.8. The lowest BCUT2D eigenvalue weighted by Crippen LogP contribution is -2.48. The highest BCUT2D eigenvalue weighted by Gasteiger charge is 2.28. The predicted molar refractivity (Wildman–Crippen MR) is 352 cm³/mol. The topological polar surface area (TPSA) is 224 Å². The third-order valence-electron chi connectivity index (χ3n) is 16.4. The Morgan fingerprint density at radius 1 is 0.533 bits per heavy atom. The minimum atomic E-state index is -1.26. The molecule has 3 aromatic carbocycles. The van der Waals surface area contributed by atoms with Crippen LogP contribution in [0.15, 0.2) is 174 Å². The molecule has 0 saturated carbocycles. The summed E-state index contributed by atoms with van der Waals surface area (Å²) >= 11 is 0. The molecule has 16 nitrogen and oxygen atoms in total. The van der Waals surface area contributed by atoms with Gasteiger partial charge in [0.05, 0.1) is 28.3 Å². The van der Waals surface area contributed by atoms with Crippen LogP contribution in [0.5, 0.6) is 11.5 Å². The van der Waals surface area contributed by atoms with Crippen LogP contribution in [0.1, 0.15) is 170 Å². The summed E-state index contributed by atoms with van der Waals surface area (Å²) in [6.45, 7) is 4.87. The van der Waals surface area contributed by atoms with Crippen molar-refractivity contribution in [1.29, 1.82) is 0 Å². The zero-order chi connectivity index (χ0) is 62.9. The number of carboxylic acids is 1. The largest absolute Gasteiger partial charge is 0.508 e. The van der Waals surface area contributed by atoms with Crippen molar-refractivity contribution in [3.8, 4) is 33.9 Å². The van der Waals surface area contributed by atoms with Crippen molar-refractivity contribution in [3.63, 3.8) is 0 Å². The van der Waals surface area contributed by atoms with Gasteiger partial charge in [0.2, 0.25) is 5.91 Å². The van der Waals surface area contributed by atoms with Crippen molar-refractivity contribution in [1.82, 2.24) is 40.4 Å². The molecule has 2 aliphatic rings. The highest BCUT2D eigenvalue weighted by Crippen LogP contribution is 2.42. The molecule has 0 unspecified atom stereocenters. The lowest BCUT2D eigenvalue weighted by molar-refractivity contribution is -0.122. The molecule has 0 spiro atoms. The van der Waals surface area contributed by atoms with E-state index in [4.69, 9.17) is 4.42 Å². The first-order valence-electron chi connectivity index (χ1n) is 32.0. The number of amides is 2. The SMILES string of the molecule is CCCCCCCCCCCCCCCCCCNC(=O)[C@H](Cc1cc(CN(Cc2ccccn2)Cc2ccccn2)c(O)c(CN(Cc2ccccn2)Cc2ccccn2)c1)NC(=O)c1ccc(C(=O)O)c(-c2c3ccc(=O)cc-3oc3cc(O)ccc23)c1. The van der Waals surface area contributed by atoms with Gasteiger partial charge in [0.1, 0.15) is 28.9 Å². The van der Waals surface area contributed by atoms with Gasteiger partial charge in [0, 0.05) is 122 Å². The second-order valence-corrected chi connectivity index (χ2v) is 23.5. The third-order valence-corrected chi connectivity index (χ3v) is 16.4. The summed E-state index contributed by atoms with van der Waals surface area (Å²) in [5.74, 6) is -2.18. The maximum atomic E-state index is 15.0. The van der Waals surface area contributed by atoms with Crippen LogP contribution in [0.25, 0.3) is 33.4 Å². The molecule has 1 aliphatic heterocycles. The number of phenolic OH excluding ortho intramolecular Hbond substituents is 2. The molecule has 0 radical (unpaired) electrons. The fraction of sp³-hybridized carbons (Fsp3) is 0.351. The predicted octanol–water partition coefficient (Wildman–Crippen LogP) is 14.4. The number of aromatic carboxylic acids is 1. The average Bonchev–Trinajstić information content (AvgIpc) is 0.782. The van der Waals surface area contributed by atoms with E-state index < -0.39 is 23.8 Å². The minimum Gasteiger partial charge on any atom is -0.508 e. The van der Waals surface area contributed by atoms with Crippen molar-refractivity contribution >= 4 is 28.8 Å². The number of nitrogens with one attached hydrogen (secondary N) is 2. The Balaban J connectivity index is 1.02. The number of fused-ring (bicyclic) bond motifs is 2. The highest BCUT2D eigenvalue weighted by atomic mass is 16.4.